The number of rotatable bonds is 7. The minimum absolute atomic E-state index is 0.0289. The summed E-state index contributed by atoms with van der Waals surface area (Å²) < 4.78 is 6.79. The molecule has 0 aliphatic rings. The van der Waals surface area contributed by atoms with Gasteiger partial charge in [-0.25, -0.2) is 0 Å². The summed E-state index contributed by atoms with van der Waals surface area (Å²) in [6, 6.07) is 11.8. The van der Waals surface area contributed by atoms with E-state index >= 15 is 0 Å². The highest BCUT2D eigenvalue weighted by Gasteiger charge is 2.22. The monoisotopic (exact) mass is 419 g/mol. The third-order valence-corrected chi connectivity index (χ3v) is 5.17. The number of carbonyl (C=O) groups excluding carboxylic acids is 1. The minimum atomic E-state index is -0.163. The maximum Gasteiger partial charge on any atom is 0.282 e. The number of likely N-dealkylation sites (N-methyl/N-ethyl adjacent to an activating group) is 1. The Balaban J connectivity index is 1.88. The van der Waals surface area contributed by atoms with Crippen LogP contribution in [0.3, 0.4) is 0 Å². The number of benzene rings is 2. The fourth-order valence-corrected chi connectivity index (χ4v) is 3.17. The number of quaternary nitrogens is 1. The van der Waals surface area contributed by atoms with Gasteiger partial charge in [0.2, 0.25) is 0 Å². The van der Waals surface area contributed by atoms with Gasteiger partial charge in [-0.05, 0) is 63.1 Å². The molecule has 5 heteroatoms. The zero-order chi connectivity index (χ0) is 19.3. The number of ether oxygens (including phenoxy) is 1. The topological polar surface area (TPSA) is 42.8 Å². The van der Waals surface area contributed by atoms with Gasteiger partial charge in [-0.3, -0.25) is 4.79 Å². The summed E-state index contributed by atoms with van der Waals surface area (Å²) in [6.07, 6.45) is 0. The SMILES string of the molecule is Cc1cc(C)c(NC(=O)[C@@H](C)[NH+](C)CCOc2ccc(Br)cc2)c(C)c1. The Morgan fingerprint density at radius 3 is 2.31 bits per heavy atom. The molecule has 4 nitrogen and oxygen atoms in total. The number of halogens is 1. The molecule has 0 spiro atoms. The third-order valence-electron chi connectivity index (χ3n) is 4.64. The summed E-state index contributed by atoms with van der Waals surface area (Å²) in [6.45, 7) is 9.39. The molecule has 0 saturated heterocycles. The number of aryl methyl sites for hydroxylation is 3. The van der Waals surface area contributed by atoms with Crippen LogP contribution in [-0.4, -0.2) is 32.1 Å². The Bertz CT molecular complexity index is 736. The van der Waals surface area contributed by atoms with Crippen molar-refractivity contribution in [1.29, 1.82) is 0 Å². The molecule has 0 bridgehead atoms. The summed E-state index contributed by atoms with van der Waals surface area (Å²) in [4.78, 5) is 13.7. The fourth-order valence-electron chi connectivity index (χ4n) is 2.91. The van der Waals surface area contributed by atoms with Crippen molar-refractivity contribution in [3.8, 4) is 5.75 Å². The number of carbonyl (C=O) groups is 1. The second-order valence-electron chi connectivity index (χ2n) is 6.88. The smallest absolute Gasteiger partial charge is 0.282 e. The van der Waals surface area contributed by atoms with Crippen molar-refractivity contribution in [2.24, 2.45) is 0 Å². The second kappa shape index (κ2) is 9.19. The van der Waals surface area contributed by atoms with Gasteiger partial charge in [0.1, 0.15) is 18.9 Å². The van der Waals surface area contributed by atoms with Crippen LogP contribution in [0.5, 0.6) is 5.75 Å². The first-order valence-corrected chi connectivity index (χ1v) is 9.66. The van der Waals surface area contributed by atoms with E-state index in [1.165, 1.54) is 5.56 Å². The Hall–Kier alpha value is -1.85. The van der Waals surface area contributed by atoms with Crippen molar-refractivity contribution in [3.05, 3.63) is 57.6 Å². The first kappa shape index (κ1) is 20.5. The van der Waals surface area contributed by atoms with E-state index in [2.05, 4.69) is 40.3 Å². The second-order valence-corrected chi connectivity index (χ2v) is 7.80. The highest BCUT2D eigenvalue weighted by Crippen LogP contribution is 2.22. The van der Waals surface area contributed by atoms with Crippen LogP contribution < -0.4 is 15.0 Å². The molecule has 0 heterocycles. The lowest BCUT2D eigenvalue weighted by Gasteiger charge is -2.22. The van der Waals surface area contributed by atoms with E-state index in [1.807, 2.05) is 52.1 Å². The average Bonchev–Trinajstić information content (AvgIpc) is 2.58. The molecule has 0 aliphatic heterocycles. The first-order chi connectivity index (χ1) is 12.3. The quantitative estimate of drug-likeness (QED) is 0.722. The third kappa shape index (κ3) is 5.58. The molecule has 1 amide bonds. The van der Waals surface area contributed by atoms with E-state index < -0.39 is 0 Å². The van der Waals surface area contributed by atoms with E-state index in [0.717, 1.165) is 38.5 Å². The number of amides is 1. The molecule has 0 saturated carbocycles. The number of nitrogens with one attached hydrogen (secondary N) is 2. The van der Waals surface area contributed by atoms with Gasteiger partial charge in [0.25, 0.3) is 5.91 Å². The molecule has 0 aliphatic carbocycles. The van der Waals surface area contributed by atoms with Crippen molar-refractivity contribution < 1.29 is 14.4 Å². The predicted octanol–water partition coefficient (Wildman–Crippen LogP) is 3.30. The van der Waals surface area contributed by atoms with E-state index in [1.54, 1.807) is 0 Å². The predicted molar refractivity (Wildman–Crippen MR) is 110 cm³/mol. The fraction of sp³-hybridized carbons (Fsp3) is 0.381. The molecule has 2 aromatic rings. The molecule has 0 radical (unpaired) electrons. The number of hydrogen-bond donors (Lipinski definition) is 2. The van der Waals surface area contributed by atoms with Crippen LogP contribution in [0.4, 0.5) is 5.69 Å². The van der Waals surface area contributed by atoms with E-state index in [-0.39, 0.29) is 11.9 Å². The van der Waals surface area contributed by atoms with Crippen LogP contribution in [0.25, 0.3) is 0 Å². The van der Waals surface area contributed by atoms with Crippen molar-refractivity contribution in [1.82, 2.24) is 0 Å². The lowest BCUT2D eigenvalue weighted by Crippen LogP contribution is -3.14. The maximum atomic E-state index is 12.6. The van der Waals surface area contributed by atoms with Gasteiger partial charge in [0, 0.05) is 10.2 Å². The van der Waals surface area contributed by atoms with Crippen molar-refractivity contribution >= 4 is 27.5 Å². The molecule has 2 aromatic carbocycles. The lowest BCUT2D eigenvalue weighted by molar-refractivity contribution is -0.894. The van der Waals surface area contributed by atoms with Gasteiger partial charge in [0.15, 0.2) is 6.04 Å². The standard InChI is InChI=1S/C21H27BrN2O2/c1-14-12-15(2)20(16(3)13-14)23-21(25)17(4)24(5)10-11-26-19-8-6-18(22)7-9-19/h6-9,12-13,17H,10-11H2,1-5H3,(H,23,25)/p+1/t17-/m1/s1. The summed E-state index contributed by atoms with van der Waals surface area (Å²) in [5.74, 6) is 0.866. The van der Waals surface area contributed by atoms with Crippen LogP contribution in [-0.2, 0) is 4.79 Å². The van der Waals surface area contributed by atoms with Gasteiger partial charge in [-0.1, -0.05) is 33.6 Å². The van der Waals surface area contributed by atoms with Gasteiger partial charge >= 0.3 is 0 Å². The Kier molecular flexibility index (Phi) is 7.23. The molecule has 0 fully saturated rings. The van der Waals surface area contributed by atoms with E-state index in [4.69, 9.17) is 4.74 Å². The molecule has 2 atom stereocenters. The van der Waals surface area contributed by atoms with Crippen LogP contribution in [0.1, 0.15) is 23.6 Å². The van der Waals surface area contributed by atoms with Crippen LogP contribution in [0.15, 0.2) is 40.9 Å². The lowest BCUT2D eigenvalue weighted by atomic mass is 10.0. The molecular formula is C21H28BrN2O2+. The van der Waals surface area contributed by atoms with E-state index in [0.29, 0.717) is 6.61 Å². The Morgan fingerprint density at radius 1 is 1.15 bits per heavy atom. The zero-order valence-electron chi connectivity index (χ0n) is 16.2. The van der Waals surface area contributed by atoms with Crippen LogP contribution in [0, 0.1) is 20.8 Å². The van der Waals surface area contributed by atoms with Crippen molar-refractivity contribution in [2.45, 2.75) is 33.7 Å². The summed E-state index contributed by atoms with van der Waals surface area (Å²) in [5.41, 5.74) is 4.32. The van der Waals surface area contributed by atoms with Gasteiger partial charge < -0.3 is 15.0 Å². The van der Waals surface area contributed by atoms with Gasteiger partial charge in [-0.2, -0.15) is 0 Å². The Morgan fingerprint density at radius 2 is 1.73 bits per heavy atom. The molecule has 0 aromatic heterocycles. The number of anilines is 1. The van der Waals surface area contributed by atoms with E-state index in [9.17, 15) is 4.79 Å². The maximum absolute atomic E-state index is 12.6. The molecule has 2 N–H and O–H groups in total. The average molecular weight is 420 g/mol. The van der Waals surface area contributed by atoms with Crippen molar-refractivity contribution in [3.63, 3.8) is 0 Å². The summed E-state index contributed by atoms with van der Waals surface area (Å²) in [5, 5.41) is 3.09. The van der Waals surface area contributed by atoms with Gasteiger partial charge in [0.05, 0.1) is 7.05 Å². The molecule has 140 valence electrons. The minimum Gasteiger partial charge on any atom is -0.488 e. The normalized spacial score (nSPS) is 13.2. The largest absolute Gasteiger partial charge is 0.488 e. The first-order valence-electron chi connectivity index (χ1n) is 8.87. The van der Waals surface area contributed by atoms with Crippen molar-refractivity contribution in [2.75, 3.05) is 25.5 Å². The Labute approximate surface area is 164 Å². The number of hydrogen-bond acceptors (Lipinski definition) is 2. The zero-order valence-corrected chi connectivity index (χ0v) is 17.7. The van der Waals surface area contributed by atoms with Crippen LogP contribution >= 0.6 is 15.9 Å². The van der Waals surface area contributed by atoms with Gasteiger partial charge in [-0.15, -0.1) is 0 Å². The summed E-state index contributed by atoms with van der Waals surface area (Å²) >= 11 is 3.41. The highest BCUT2D eigenvalue weighted by molar-refractivity contribution is 9.10. The molecular weight excluding hydrogens is 392 g/mol. The summed E-state index contributed by atoms with van der Waals surface area (Å²) in [7, 11) is 2.02. The van der Waals surface area contributed by atoms with Crippen LogP contribution in [0.2, 0.25) is 0 Å². The molecule has 2 rings (SSSR count). The molecule has 1 unspecified atom stereocenters. The molecule has 26 heavy (non-hydrogen) atoms. The highest BCUT2D eigenvalue weighted by atomic mass is 79.9.